The molecule has 0 aromatic carbocycles. The van der Waals surface area contributed by atoms with Crippen LogP contribution in [0, 0.1) is 11.3 Å². The van der Waals surface area contributed by atoms with E-state index in [9.17, 15) is 10.1 Å². The molecule has 9 nitrogen and oxygen atoms in total. The van der Waals surface area contributed by atoms with Crippen LogP contribution in [0.5, 0.6) is 0 Å². The zero-order valence-corrected chi connectivity index (χ0v) is 24.5. The summed E-state index contributed by atoms with van der Waals surface area (Å²) in [4.78, 5) is 18.1. The van der Waals surface area contributed by atoms with E-state index >= 15 is 0 Å². The summed E-state index contributed by atoms with van der Waals surface area (Å²) in [5.74, 6) is 0. The Bertz CT molecular complexity index is 1180. The Morgan fingerprint density at radius 2 is 1.69 bits per heavy atom. The van der Waals surface area contributed by atoms with Gasteiger partial charge < -0.3 is 18.9 Å². The Kier molecular flexibility index (Phi) is 7.68. The van der Waals surface area contributed by atoms with Crippen molar-refractivity contribution in [1.29, 1.82) is 5.26 Å². The molecule has 4 atom stereocenters. The van der Waals surface area contributed by atoms with Gasteiger partial charge in [-0.15, -0.1) is 0 Å². The summed E-state index contributed by atoms with van der Waals surface area (Å²) in [5.41, 5.74) is -1.16. The largest absolute Gasteiger partial charge is 0.373 e. The quantitative estimate of drug-likeness (QED) is 0.536. The van der Waals surface area contributed by atoms with Gasteiger partial charge >= 0.3 is 5.69 Å². The molecule has 0 bridgehead atoms. The van der Waals surface area contributed by atoms with Gasteiger partial charge in [-0.3, -0.25) is 4.57 Å². The Morgan fingerprint density at radius 3 is 2.19 bits per heavy atom. The maximum absolute atomic E-state index is 13.9. The molecule has 1 saturated heterocycles. The number of hydrogen-bond donors (Lipinski definition) is 0. The van der Waals surface area contributed by atoms with Crippen molar-refractivity contribution in [2.75, 3.05) is 6.61 Å². The fraction of sp³-hybridized carbons (Fsp3) is 0.731. The molecule has 3 heterocycles. The van der Waals surface area contributed by atoms with E-state index in [1.54, 1.807) is 16.8 Å². The first-order valence-corrected chi connectivity index (χ1v) is 14.9. The topological polar surface area (TPSA) is 100 Å². The molecule has 0 N–H and O–H groups in total. The lowest BCUT2D eigenvalue weighted by Crippen LogP contribution is -2.61. The van der Waals surface area contributed by atoms with Gasteiger partial charge in [-0.25, -0.2) is 14.2 Å². The van der Waals surface area contributed by atoms with Crippen molar-refractivity contribution < 1.29 is 18.9 Å². The molecule has 36 heavy (non-hydrogen) atoms. The third-order valence-electron chi connectivity index (χ3n) is 5.74. The number of fused-ring (bicyclic) bond motifs is 1. The molecule has 0 saturated carbocycles. The second kappa shape index (κ2) is 9.69. The van der Waals surface area contributed by atoms with Crippen LogP contribution in [0.4, 0.5) is 0 Å². The van der Waals surface area contributed by atoms with Crippen LogP contribution in [0.1, 0.15) is 68.0 Å². The summed E-state index contributed by atoms with van der Waals surface area (Å²) < 4.78 is 29.4. The number of ether oxygens (including phenoxy) is 4. The van der Waals surface area contributed by atoms with E-state index in [1.165, 1.54) is 10.6 Å². The number of nitriles is 1. The minimum absolute atomic E-state index is 0.178. The molecule has 2 aromatic rings. The van der Waals surface area contributed by atoms with Gasteiger partial charge in [0.15, 0.2) is 11.0 Å². The Balaban J connectivity index is 2.26. The van der Waals surface area contributed by atoms with Crippen molar-refractivity contribution in [2.24, 2.45) is 0 Å². The van der Waals surface area contributed by atoms with Crippen molar-refractivity contribution in [3.8, 4) is 6.07 Å². The second-order valence-corrected chi connectivity index (χ2v) is 15.3. The van der Waals surface area contributed by atoms with Gasteiger partial charge in [0.05, 0.1) is 29.6 Å². The van der Waals surface area contributed by atoms with Gasteiger partial charge in [-0.1, -0.05) is 13.1 Å². The predicted octanol–water partition coefficient (Wildman–Crippen LogP) is 3.90. The molecule has 1 aliphatic heterocycles. The van der Waals surface area contributed by atoms with Crippen LogP contribution in [0.2, 0.25) is 13.1 Å². The molecule has 0 amide bonds. The Hall–Kier alpha value is -2.03. The lowest BCUT2D eigenvalue weighted by atomic mass is 10.1. The van der Waals surface area contributed by atoms with E-state index in [1.807, 2.05) is 68.4 Å². The van der Waals surface area contributed by atoms with Crippen LogP contribution in [-0.4, -0.2) is 64.5 Å². The van der Waals surface area contributed by atoms with E-state index < -0.39 is 43.7 Å². The summed E-state index contributed by atoms with van der Waals surface area (Å²) in [7, 11) is -1.42. The number of aromatic nitrogens is 3. The summed E-state index contributed by atoms with van der Waals surface area (Å²) in [5, 5.41) is 8.21. The average molecular weight is 518 g/mol. The standard InChI is InChI=1S/C26H41N4O5Si/c1-23(2,3)32-16-18-20(34-24(4,5)6)21(35-25(7,8)9)26(33-18,36(10)11)30-13-12-19-28-17(14-27)15-29(19)22(30)31/h12-13,15,18,20-21H,16H2,1-11H3/t18-,20-,21-,26-/m1/s1. The molecule has 0 unspecified atom stereocenters. The highest BCUT2D eigenvalue weighted by molar-refractivity contribution is 6.58. The molecule has 10 heteroatoms. The molecular weight excluding hydrogens is 476 g/mol. The highest BCUT2D eigenvalue weighted by atomic mass is 28.3. The number of nitrogens with zero attached hydrogens (tertiary/aromatic N) is 4. The van der Waals surface area contributed by atoms with E-state index in [2.05, 4.69) is 18.1 Å². The summed E-state index contributed by atoms with van der Waals surface area (Å²) >= 11 is 0. The van der Waals surface area contributed by atoms with Crippen molar-refractivity contribution in [3.05, 3.63) is 34.6 Å². The molecule has 2 aromatic heterocycles. The number of hydrogen-bond acceptors (Lipinski definition) is 7. The molecular formula is C26H41N4O5Si. The summed E-state index contributed by atoms with van der Waals surface area (Å²) in [6.07, 6.45) is 1.59. The lowest BCUT2D eigenvalue weighted by molar-refractivity contribution is -0.175. The minimum Gasteiger partial charge on any atom is -0.373 e. The van der Waals surface area contributed by atoms with Crippen LogP contribution in [0.3, 0.4) is 0 Å². The monoisotopic (exact) mass is 517 g/mol. The maximum atomic E-state index is 13.9. The summed E-state index contributed by atoms with van der Waals surface area (Å²) in [6.45, 7) is 22.5. The Labute approximate surface area is 215 Å². The van der Waals surface area contributed by atoms with Gasteiger partial charge in [-0.05, 0) is 68.4 Å². The molecule has 0 spiro atoms. The normalized spacial score (nSPS) is 25.6. The third-order valence-corrected chi connectivity index (χ3v) is 7.82. The smallest absolute Gasteiger partial charge is 0.336 e. The van der Waals surface area contributed by atoms with Crippen LogP contribution in [0.25, 0.3) is 5.65 Å². The fourth-order valence-electron chi connectivity index (χ4n) is 4.45. The SMILES string of the molecule is C[Si](C)[C@]1(n2ccc3nc(C#N)cn3c2=O)O[C@H](COC(C)(C)C)[C@@H](OC(C)(C)C)[C@H]1OC(C)(C)C. The zero-order chi connectivity index (χ0) is 27.3. The number of imidazole rings is 1. The van der Waals surface area contributed by atoms with Gasteiger partial charge in [0.25, 0.3) is 0 Å². The maximum Gasteiger partial charge on any atom is 0.336 e. The lowest BCUT2D eigenvalue weighted by Gasteiger charge is -2.42. The molecule has 1 aliphatic rings. The predicted molar refractivity (Wildman–Crippen MR) is 139 cm³/mol. The van der Waals surface area contributed by atoms with Gasteiger partial charge in [0.1, 0.15) is 38.8 Å². The zero-order valence-electron chi connectivity index (χ0n) is 23.5. The van der Waals surface area contributed by atoms with Crippen LogP contribution >= 0.6 is 0 Å². The van der Waals surface area contributed by atoms with Crippen molar-refractivity contribution in [3.63, 3.8) is 0 Å². The average Bonchev–Trinajstić information content (AvgIpc) is 3.25. The Morgan fingerprint density at radius 1 is 1.08 bits per heavy atom. The first kappa shape index (κ1) is 28.5. The van der Waals surface area contributed by atoms with E-state index in [0.29, 0.717) is 5.65 Å². The highest BCUT2D eigenvalue weighted by Crippen LogP contribution is 2.44. The molecule has 1 radical (unpaired) electrons. The van der Waals surface area contributed by atoms with E-state index in [-0.39, 0.29) is 23.6 Å². The second-order valence-electron chi connectivity index (χ2n) is 12.6. The molecule has 1 fully saturated rings. The highest BCUT2D eigenvalue weighted by Gasteiger charge is 2.62. The summed E-state index contributed by atoms with van der Waals surface area (Å²) in [6, 6.07) is 3.74. The van der Waals surface area contributed by atoms with E-state index in [0.717, 1.165) is 0 Å². The molecule has 3 rings (SSSR count). The first-order chi connectivity index (χ1) is 16.4. The first-order valence-electron chi connectivity index (χ1n) is 12.4. The van der Waals surface area contributed by atoms with E-state index in [4.69, 9.17) is 18.9 Å². The van der Waals surface area contributed by atoms with Gasteiger partial charge in [-0.2, -0.15) is 5.26 Å². The molecule has 199 valence electrons. The number of rotatable bonds is 6. The van der Waals surface area contributed by atoms with Crippen LogP contribution in [-0.2, 0) is 24.3 Å². The fourth-order valence-corrected chi connectivity index (χ4v) is 6.28. The van der Waals surface area contributed by atoms with Crippen molar-refractivity contribution in [1.82, 2.24) is 14.0 Å². The van der Waals surface area contributed by atoms with Gasteiger partial charge in [0, 0.05) is 6.20 Å². The van der Waals surface area contributed by atoms with Gasteiger partial charge in [0.2, 0.25) is 0 Å². The third kappa shape index (κ3) is 5.92. The minimum atomic E-state index is -1.42. The van der Waals surface area contributed by atoms with Crippen LogP contribution < -0.4 is 5.69 Å². The van der Waals surface area contributed by atoms with Crippen LogP contribution in [0.15, 0.2) is 23.3 Å². The molecule has 0 aliphatic carbocycles. The van der Waals surface area contributed by atoms with Crippen molar-refractivity contribution >= 4 is 14.4 Å². The van der Waals surface area contributed by atoms with Crippen molar-refractivity contribution in [2.45, 2.75) is 116 Å².